The third-order valence-corrected chi connectivity index (χ3v) is 6.20. The Labute approximate surface area is 200 Å². The summed E-state index contributed by atoms with van der Waals surface area (Å²) in [5, 5.41) is 3.97. The predicted octanol–water partition coefficient (Wildman–Crippen LogP) is 5.14. The summed E-state index contributed by atoms with van der Waals surface area (Å²) in [6.07, 6.45) is 0.709. The molecule has 9 heteroatoms. The van der Waals surface area contributed by atoms with Gasteiger partial charge in [0, 0.05) is 24.2 Å². The standard InChI is InChI=1S/C25H26FN3O4S/c1-15(2)32-12-6-11-29-24(31)23-22(18-7-4-5-8-20(18)33-23)28-25(29)34-14-21(30)27-19-10-9-17(26)13-16(19)3/h4-5,7-10,13,15H,6,11-12,14H2,1-3H3,(H,27,30). The van der Waals surface area contributed by atoms with Crippen LogP contribution in [0.25, 0.3) is 22.1 Å². The maximum Gasteiger partial charge on any atom is 0.297 e. The van der Waals surface area contributed by atoms with E-state index in [-0.39, 0.29) is 34.7 Å². The molecular weight excluding hydrogens is 457 g/mol. The average Bonchev–Trinajstić information content (AvgIpc) is 3.17. The number of anilines is 1. The van der Waals surface area contributed by atoms with Gasteiger partial charge in [-0.2, -0.15) is 0 Å². The lowest BCUT2D eigenvalue weighted by Gasteiger charge is -2.13. The van der Waals surface area contributed by atoms with Gasteiger partial charge in [0.25, 0.3) is 5.56 Å². The van der Waals surface area contributed by atoms with Gasteiger partial charge >= 0.3 is 0 Å². The number of carbonyl (C=O) groups excluding carboxylic acids is 1. The predicted molar refractivity (Wildman–Crippen MR) is 132 cm³/mol. The van der Waals surface area contributed by atoms with Crippen LogP contribution in [0.2, 0.25) is 0 Å². The van der Waals surface area contributed by atoms with Gasteiger partial charge in [0.15, 0.2) is 5.16 Å². The maximum atomic E-state index is 13.3. The van der Waals surface area contributed by atoms with Gasteiger partial charge in [0.2, 0.25) is 11.5 Å². The number of amides is 1. The van der Waals surface area contributed by atoms with Gasteiger partial charge < -0.3 is 14.5 Å². The lowest BCUT2D eigenvalue weighted by molar-refractivity contribution is -0.113. The second kappa shape index (κ2) is 10.4. The number of rotatable bonds is 9. The first kappa shape index (κ1) is 24.0. The average molecular weight is 484 g/mol. The van der Waals surface area contributed by atoms with Gasteiger partial charge in [-0.3, -0.25) is 14.2 Å². The van der Waals surface area contributed by atoms with Crippen LogP contribution in [0.5, 0.6) is 0 Å². The van der Waals surface area contributed by atoms with Crippen molar-refractivity contribution < 1.29 is 18.3 Å². The molecule has 1 N–H and O–H groups in total. The minimum absolute atomic E-state index is 0.0348. The SMILES string of the molecule is Cc1cc(F)ccc1NC(=O)CSc1nc2c(oc3ccccc32)c(=O)n1CCCOC(C)C. The number of thioether (sulfide) groups is 1. The molecular formula is C25H26FN3O4S. The quantitative estimate of drug-likeness (QED) is 0.202. The molecule has 7 nitrogen and oxygen atoms in total. The van der Waals surface area contributed by atoms with Crippen LogP contribution in [0.15, 0.2) is 56.8 Å². The van der Waals surface area contributed by atoms with E-state index in [0.29, 0.717) is 47.1 Å². The van der Waals surface area contributed by atoms with Crippen LogP contribution < -0.4 is 10.9 Å². The Morgan fingerprint density at radius 1 is 1.26 bits per heavy atom. The molecule has 2 aromatic carbocycles. The molecule has 4 rings (SSSR count). The first-order valence-corrected chi connectivity index (χ1v) is 12.0. The highest BCUT2D eigenvalue weighted by Gasteiger charge is 2.19. The number of nitrogens with zero attached hydrogens (tertiary/aromatic N) is 2. The summed E-state index contributed by atoms with van der Waals surface area (Å²) < 4.78 is 26.3. The number of hydrogen-bond acceptors (Lipinski definition) is 6. The Morgan fingerprint density at radius 3 is 2.82 bits per heavy atom. The number of nitrogens with one attached hydrogen (secondary N) is 1. The molecule has 0 spiro atoms. The minimum atomic E-state index is -0.361. The van der Waals surface area contributed by atoms with Gasteiger partial charge in [-0.15, -0.1) is 0 Å². The highest BCUT2D eigenvalue weighted by atomic mass is 32.2. The monoisotopic (exact) mass is 483 g/mol. The Hall–Kier alpha value is -3.17. The van der Waals surface area contributed by atoms with Crippen LogP contribution in [-0.4, -0.2) is 33.9 Å². The Kier molecular flexibility index (Phi) is 7.33. The molecule has 0 unspecified atom stereocenters. The van der Waals surface area contributed by atoms with E-state index in [9.17, 15) is 14.0 Å². The van der Waals surface area contributed by atoms with Crippen LogP contribution in [-0.2, 0) is 16.1 Å². The molecule has 0 saturated carbocycles. The molecule has 0 aliphatic heterocycles. The van der Waals surface area contributed by atoms with Gasteiger partial charge in [-0.25, -0.2) is 9.37 Å². The number of aromatic nitrogens is 2. The second-order valence-electron chi connectivity index (χ2n) is 8.20. The number of benzene rings is 2. The molecule has 1 amide bonds. The van der Waals surface area contributed by atoms with Crippen molar-refractivity contribution in [3.8, 4) is 0 Å². The highest BCUT2D eigenvalue weighted by Crippen LogP contribution is 2.27. The number of halogens is 1. The molecule has 178 valence electrons. The van der Waals surface area contributed by atoms with Crippen molar-refractivity contribution in [1.82, 2.24) is 9.55 Å². The van der Waals surface area contributed by atoms with E-state index < -0.39 is 0 Å². The first-order valence-electron chi connectivity index (χ1n) is 11.1. The van der Waals surface area contributed by atoms with Crippen molar-refractivity contribution in [3.63, 3.8) is 0 Å². The van der Waals surface area contributed by atoms with Crippen molar-refractivity contribution >= 4 is 45.4 Å². The van der Waals surface area contributed by atoms with E-state index >= 15 is 0 Å². The zero-order valence-corrected chi connectivity index (χ0v) is 20.1. The third kappa shape index (κ3) is 5.31. The number of fused-ring (bicyclic) bond motifs is 3. The smallest absolute Gasteiger partial charge is 0.297 e. The van der Waals surface area contributed by atoms with Gasteiger partial charge in [0.05, 0.1) is 11.9 Å². The van der Waals surface area contributed by atoms with Crippen LogP contribution in [0.3, 0.4) is 0 Å². The Balaban J connectivity index is 1.60. The van der Waals surface area contributed by atoms with Gasteiger partial charge in [0.1, 0.15) is 16.9 Å². The Morgan fingerprint density at radius 2 is 2.06 bits per heavy atom. The van der Waals surface area contributed by atoms with Crippen LogP contribution >= 0.6 is 11.8 Å². The summed E-state index contributed by atoms with van der Waals surface area (Å²) in [6.45, 7) is 6.51. The highest BCUT2D eigenvalue weighted by molar-refractivity contribution is 7.99. The molecule has 0 fully saturated rings. The van der Waals surface area contributed by atoms with E-state index in [1.165, 1.54) is 34.5 Å². The van der Waals surface area contributed by atoms with Crippen LogP contribution in [0.1, 0.15) is 25.8 Å². The van der Waals surface area contributed by atoms with Gasteiger partial charge in [-0.1, -0.05) is 23.9 Å². The number of aryl methyl sites for hydroxylation is 1. The van der Waals surface area contributed by atoms with E-state index in [0.717, 1.165) is 5.39 Å². The lowest BCUT2D eigenvalue weighted by atomic mass is 10.2. The fraction of sp³-hybridized carbons (Fsp3) is 0.320. The Bertz CT molecular complexity index is 1400. The van der Waals surface area contributed by atoms with Crippen molar-refractivity contribution in [2.45, 2.75) is 45.0 Å². The number of ether oxygens (including phenoxy) is 1. The summed E-state index contributed by atoms with van der Waals surface area (Å²) in [5.41, 5.74) is 2.14. The third-order valence-electron chi connectivity index (χ3n) is 5.22. The molecule has 0 aliphatic rings. The maximum absolute atomic E-state index is 13.3. The van der Waals surface area contributed by atoms with Gasteiger partial charge in [-0.05, 0) is 63.1 Å². The normalized spacial score (nSPS) is 11.6. The number of furan rings is 1. The molecule has 2 aromatic heterocycles. The molecule has 0 bridgehead atoms. The number of carbonyl (C=O) groups is 1. The molecule has 2 heterocycles. The van der Waals surface area contributed by atoms with E-state index in [2.05, 4.69) is 5.32 Å². The largest absolute Gasteiger partial charge is 0.448 e. The van der Waals surface area contributed by atoms with Crippen LogP contribution in [0, 0.1) is 12.7 Å². The number of para-hydroxylation sites is 1. The fourth-order valence-corrected chi connectivity index (χ4v) is 4.40. The summed E-state index contributed by atoms with van der Waals surface area (Å²) in [5.74, 6) is -0.603. The van der Waals surface area contributed by atoms with Crippen molar-refractivity contribution in [2.24, 2.45) is 0 Å². The van der Waals surface area contributed by atoms with Crippen LogP contribution in [0.4, 0.5) is 10.1 Å². The molecule has 0 saturated heterocycles. The fourth-order valence-electron chi connectivity index (χ4n) is 3.59. The molecule has 0 atom stereocenters. The summed E-state index contributed by atoms with van der Waals surface area (Å²) in [4.78, 5) is 30.6. The van der Waals surface area contributed by atoms with Crippen molar-refractivity contribution in [2.75, 3.05) is 17.7 Å². The summed E-state index contributed by atoms with van der Waals surface area (Å²) in [7, 11) is 0. The van der Waals surface area contributed by atoms with Crippen molar-refractivity contribution in [1.29, 1.82) is 0 Å². The second-order valence-corrected chi connectivity index (χ2v) is 9.14. The molecule has 0 aliphatic carbocycles. The first-order chi connectivity index (χ1) is 16.3. The van der Waals surface area contributed by atoms with E-state index in [1.807, 2.05) is 32.0 Å². The van der Waals surface area contributed by atoms with Crippen molar-refractivity contribution in [3.05, 3.63) is 64.2 Å². The molecule has 4 aromatic rings. The summed E-state index contributed by atoms with van der Waals surface area (Å²) >= 11 is 1.17. The van der Waals surface area contributed by atoms with E-state index in [4.69, 9.17) is 14.1 Å². The zero-order valence-electron chi connectivity index (χ0n) is 19.3. The molecule has 34 heavy (non-hydrogen) atoms. The molecule has 0 radical (unpaired) electrons. The van der Waals surface area contributed by atoms with E-state index in [1.54, 1.807) is 13.0 Å². The topological polar surface area (TPSA) is 86.4 Å². The lowest BCUT2D eigenvalue weighted by Crippen LogP contribution is -2.25. The summed E-state index contributed by atoms with van der Waals surface area (Å²) in [6, 6.07) is 11.5. The number of hydrogen-bond donors (Lipinski definition) is 1. The zero-order chi connectivity index (χ0) is 24.2. The minimum Gasteiger partial charge on any atom is -0.448 e.